The summed E-state index contributed by atoms with van der Waals surface area (Å²) in [6.07, 6.45) is 22.6. The normalized spacial score (nSPS) is 19.8. The van der Waals surface area contributed by atoms with Crippen molar-refractivity contribution < 1.29 is 0 Å². The number of aliphatic imine (C=N–C) groups is 1. The Balaban J connectivity index is 2.27. The van der Waals surface area contributed by atoms with Crippen LogP contribution in [0.25, 0.3) is 0 Å². The van der Waals surface area contributed by atoms with E-state index in [1.165, 1.54) is 25.5 Å². The van der Waals surface area contributed by atoms with Gasteiger partial charge in [-0.2, -0.15) is 0 Å². The highest BCUT2D eigenvalue weighted by Crippen LogP contribution is 2.34. The average molecular weight is 376 g/mol. The van der Waals surface area contributed by atoms with E-state index in [0.29, 0.717) is 0 Å². The first-order chi connectivity index (χ1) is 13.6. The van der Waals surface area contributed by atoms with Crippen molar-refractivity contribution in [2.45, 2.75) is 57.4 Å². The summed E-state index contributed by atoms with van der Waals surface area (Å²) in [6.45, 7) is 14.2. The van der Waals surface area contributed by atoms with Gasteiger partial charge in [0.05, 0.1) is 11.4 Å². The molecule has 0 bridgehead atoms. The molecule has 1 heterocycles. The van der Waals surface area contributed by atoms with E-state index in [-0.39, 0.29) is 5.54 Å². The molecule has 0 radical (unpaired) electrons. The average Bonchev–Trinajstić information content (AvgIpc) is 3.11. The molecule has 0 atom stereocenters. The third-order valence-electron chi connectivity index (χ3n) is 5.38. The zero-order valence-electron chi connectivity index (χ0n) is 17.1. The Morgan fingerprint density at radius 2 is 1.96 bits per heavy atom. The van der Waals surface area contributed by atoms with Crippen LogP contribution in [0.15, 0.2) is 89.8 Å². The largest absolute Gasteiger partial charge is 0.378 e. The molecule has 1 fully saturated rings. The van der Waals surface area contributed by atoms with Crippen molar-refractivity contribution in [2.75, 3.05) is 0 Å². The Bertz CT molecular complexity index is 766. The summed E-state index contributed by atoms with van der Waals surface area (Å²) in [5, 5.41) is 11.1. The molecule has 0 aromatic heterocycles. The van der Waals surface area contributed by atoms with Crippen LogP contribution in [0.1, 0.15) is 51.9 Å². The van der Waals surface area contributed by atoms with E-state index in [1.807, 2.05) is 31.2 Å². The molecule has 28 heavy (non-hydrogen) atoms. The first-order valence-corrected chi connectivity index (χ1v) is 10.1. The Morgan fingerprint density at radius 1 is 1.21 bits per heavy atom. The molecule has 1 aliphatic carbocycles. The lowest BCUT2D eigenvalue weighted by molar-refractivity contribution is 0.255. The van der Waals surface area contributed by atoms with E-state index in [2.05, 4.69) is 31.1 Å². The first-order valence-electron chi connectivity index (χ1n) is 10.1. The van der Waals surface area contributed by atoms with Gasteiger partial charge in [0, 0.05) is 29.4 Å². The van der Waals surface area contributed by atoms with E-state index in [9.17, 15) is 0 Å². The van der Waals surface area contributed by atoms with Gasteiger partial charge in [0.1, 0.15) is 0 Å². The minimum absolute atomic E-state index is 0.0510. The molecular weight excluding hydrogens is 342 g/mol. The van der Waals surface area contributed by atoms with Crippen LogP contribution in [0.2, 0.25) is 0 Å². The lowest BCUT2D eigenvalue weighted by atomic mass is 9.79. The van der Waals surface area contributed by atoms with Crippen molar-refractivity contribution in [1.29, 1.82) is 5.41 Å². The van der Waals surface area contributed by atoms with Crippen LogP contribution in [0.4, 0.5) is 0 Å². The Kier molecular flexibility index (Phi) is 8.19. The molecular formula is C25H33N3. The van der Waals surface area contributed by atoms with Crippen LogP contribution in [0.3, 0.4) is 0 Å². The summed E-state index contributed by atoms with van der Waals surface area (Å²) in [7, 11) is 0. The molecule has 2 rings (SSSR count). The standard InChI is InChI=1S/C25H33N3/c1-5-8-10-13-22-19-23(27-24(22)21(7-3)14-18-26)20(4)28-25(15-6-2)16-11-9-12-17-25/h5-8,10,13-14,18,26,28H,2-4,9,11-12,15-17,19H2,1H3/b8-5-,13-10-,21-14+,26-18?. The maximum atomic E-state index is 7.42. The van der Waals surface area contributed by atoms with E-state index < -0.39 is 0 Å². The van der Waals surface area contributed by atoms with Gasteiger partial charge in [0.15, 0.2) is 0 Å². The summed E-state index contributed by atoms with van der Waals surface area (Å²) in [5.41, 5.74) is 4.76. The van der Waals surface area contributed by atoms with E-state index >= 15 is 0 Å². The molecule has 1 saturated carbocycles. The van der Waals surface area contributed by atoms with Crippen molar-refractivity contribution in [3.63, 3.8) is 0 Å². The topological polar surface area (TPSA) is 48.2 Å². The second kappa shape index (κ2) is 10.6. The van der Waals surface area contributed by atoms with Crippen LogP contribution >= 0.6 is 0 Å². The van der Waals surface area contributed by atoms with Gasteiger partial charge in [-0.1, -0.05) is 68.9 Å². The van der Waals surface area contributed by atoms with Gasteiger partial charge in [-0.3, -0.25) is 4.99 Å². The fraction of sp³-hybridized carbons (Fsp3) is 0.360. The summed E-state index contributed by atoms with van der Waals surface area (Å²) in [6, 6.07) is 0. The van der Waals surface area contributed by atoms with Crippen molar-refractivity contribution in [1.82, 2.24) is 5.32 Å². The van der Waals surface area contributed by atoms with Crippen molar-refractivity contribution in [2.24, 2.45) is 4.99 Å². The van der Waals surface area contributed by atoms with Crippen LogP contribution in [0.5, 0.6) is 0 Å². The smallest absolute Gasteiger partial charge is 0.0742 e. The third kappa shape index (κ3) is 5.41. The molecule has 0 spiro atoms. The molecule has 2 aliphatic rings. The fourth-order valence-corrected chi connectivity index (χ4v) is 3.97. The molecule has 0 amide bonds. The van der Waals surface area contributed by atoms with E-state index in [1.54, 1.807) is 12.2 Å². The molecule has 0 aromatic rings. The van der Waals surface area contributed by atoms with Gasteiger partial charge in [-0.15, -0.1) is 6.58 Å². The number of nitrogens with zero attached hydrogens (tertiary/aromatic N) is 1. The second-order valence-electron chi connectivity index (χ2n) is 7.42. The summed E-state index contributed by atoms with van der Waals surface area (Å²) >= 11 is 0. The lowest BCUT2D eigenvalue weighted by Gasteiger charge is -2.39. The molecule has 0 saturated heterocycles. The Morgan fingerprint density at radius 3 is 2.57 bits per heavy atom. The maximum absolute atomic E-state index is 7.42. The molecule has 148 valence electrons. The predicted molar refractivity (Wildman–Crippen MR) is 123 cm³/mol. The number of nitrogens with one attached hydrogen (secondary N) is 2. The monoisotopic (exact) mass is 375 g/mol. The van der Waals surface area contributed by atoms with Crippen molar-refractivity contribution >= 4 is 11.9 Å². The number of allylic oxidation sites excluding steroid dienone is 8. The fourth-order valence-electron chi connectivity index (χ4n) is 3.97. The quantitative estimate of drug-likeness (QED) is 0.260. The molecule has 3 nitrogen and oxygen atoms in total. The van der Waals surface area contributed by atoms with Gasteiger partial charge in [-0.25, -0.2) is 0 Å². The molecule has 2 N–H and O–H groups in total. The summed E-state index contributed by atoms with van der Waals surface area (Å²) in [5.74, 6) is 0. The van der Waals surface area contributed by atoms with Crippen LogP contribution < -0.4 is 5.32 Å². The maximum Gasteiger partial charge on any atom is 0.0742 e. The van der Waals surface area contributed by atoms with Crippen LogP contribution in [0, 0.1) is 5.41 Å². The molecule has 3 heteroatoms. The number of hydrogen-bond acceptors (Lipinski definition) is 3. The van der Waals surface area contributed by atoms with E-state index in [4.69, 9.17) is 10.4 Å². The Hall–Kier alpha value is -2.68. The lowest BCUT2D eigenvalue weighted by Crippen LogP contribution is -2.46. The number of hydrogen-bond donors (Lipinski definition) is 2. The summed E-state index contributed by atoms with van der Waals surface area (Å²) in [4.78, 5) is 4.88. The Labute approximate surface area is 170 Å². The highest BCUT2D eigenvalue weighted by Gasteiger charge is 2.32. The highest BCUT2D eigenvalue weighted by atomic mass is 15.0. The van der Waals surface area contributed by atoms with Crippen molar-refractivity contribution in [3.05, 3.63) is 84.8 Å². The molecule has 1 aliphatic heterocycles. The van der Waals surface area contributed by atoms with Gasteiger partial charge >= 0.3 is 0 Å². The van der Waals surface area contributed by atoms with Gasteiger partial charge in [0.2, 0.25) is 0 Å². The molecule has 0 unspecified atom stereocenters. The van der Waals surface area contributed by atoms with Crippen molar-refractivity contribution in [3.8, 4) is 0 Å². The van der Waals surface area contributed by atoms with Gasteiger partial charge < -0.3 is 10.7 Å². The minimum Gasteiger partial charge on any atom is -0.378 e. The second-order valence-corrected chi connectivity index (χ2v) is 7.42. The highest BCUT2D eigenvalue weighted by molar-refractivity contribution is 6.04. The third-order valence-corrected chi connectivity index (χ3v) is 5.38. The SMILES string of the molecule is C=CCC1(NC(=C)C2=NC(C(/C=C)=C/C=N)=C(/C=C\C=C/C)C2)CCCCC1. The molecule has 0 aromatic carbocycles. The zero-order chi connectivity index (χ0) is 20.4. The van der Waals surface area contributed by atoms with E-state index in [0.717, 1.165) is 53.9 Å². The van der Waals surface area contributed by atoms with Gasteiger partial charge in [-0.05, 0) is 37.8 Å². The first kappa shape index (κ1) is 21.6. The van der Waals surface area contributed by atoms with Gasteiger partial charge in [0.25, 0.3) is 0 Å². The zero-order valence-corrected chi connectivity index (χ0v) is 17.1. The minimum atomic E-state index is 0.0510. The summed E-state index contributed by atoms with van der Waals surface area (Å²) < 4.78 is 0. The number of rotatable bonds is 10. The van der Waals surface area contributed by atoms with Crippen LogP contribution in [-0.4, -0.2) is 17.5 Å². The van der Waals surface area contributed by atoms with Crippen LogP contribution in [-0.2, 0) is 0 Å². The predicted octanol–water partition coefficient (Wildman–Crippen LogP) is 6.36.